The Morgan fingerprint density at radius 1 is 1.50 bits per heavy atom. The molecule has 1 aliphatic rings. The molecule has 4 nitrogen and oxygen atoms in total. The van der Waals surface area contributed by atoms with E-state index in [2.05, 4.69) is 16.9 Å². The lowest BCUT2D eigenvalue weighted by atomic mass is 10.2. The number of ether oxygens (including phenoxy) is 1. The standard InChI is InChI=1S/C12H19Cl2N3O/c1-3-17-11(12(14)9(2)15-17)8-16-4-5-18-10(6-13)7-16/h10H,3-8H2,1-2H3. The largest absolute Gasteiger partial charge is 0.374 e. The van der Waals surface area contributed by atoms with Crippen LogP contribution in [0.15, 0.2) is 0 Å². The van der Waals surface area contributed by atoms with Crippen molar-refractivity contribution in [2.75, 3.05) is 25.6 Å². The molecule has 18 heavy (non-hydrogen) atoms. The van der Waals surface area contributed by atoms with Gasteiger partial charge in [-0.2, -0.15) is 5.10 Å². The first kappa shape index (κ1) is 14.1. The number of hydrogen-bond donors (Lipinski definition) is 0. The number of nitrogens with zero attached hydrogens (tertiary/aromatic N) is 3. The van der Waals surface area contributed by atoms with Crippen LogP contribution in [-0.4, -0.2) is 46.4 Å². The van der Waals surface area contributed by atoms with E-state index in [-0.39, 0.29) is 6.10 Å². The van der Waals surface area contributed by atoms with Crippen molar-refractivity contribution in [3.8, 4) is 0 Å². The molecule has 0 amide bonds. The van der Waals surface area contributed by atoms with E-state index >= 15 is 0 Å². The Kier molecular flexibility index (Phi) is 4.90. The third-order valence-corrected chi connectivity index (χ3v) is 4.06. The van der Waals surface area contributed by atoms with Crippen LogP contribution in [0.2, 0.25) is 5.02 Å². The first-order chi connectivity index (χ1) is 8.65. The first-order valence-corrected chi connectivity index (χ1v) is 7.18. The maximum Gasteiger partial charge on any atom is 0.0860 e. The molecule has 1 saturated heterocycles. The molecular weight excluding hydrogens is 273 g/mol. The molecule has 1 aromatic heterocycles. The molecule has 0 bridgehead atoms. The Bertz CT molecular complexity index is 408. The molecule has 0 spiro atoms. The smallest absolute Gasteiger partial charge is 0.0860 e. The average molecular weight is 292 g/mol. The van der Waals surface area contributed by atoms with Crippen molar-refractivity contribution in [3.05, 3.63) is 16.4 Å². The number of aryl methyl sites for hydroxylation is 2. The second-order valence-electron chi connectivity index (χ2n) is 4.54. The molecule has 0 aromatic carbocycles. The second-order valence-corrected chi connectivity index (χ2v) is 5.23. The zero-order valence-electron chi connectivity index (χ0n) is 10.8. The van der Waals surface area contributed by atoms with Crippen molar-refractivity contribution < 1.29 is 4.74 Å². The van der Waals surface area contributed by atoms with Gasteiger partial charge in [-0.05, 0) is 13.8 Å². The summed E-state index contributed by atoms with van der Waals surface area (Å²) in [6, 6.07) is 0. The van der Waals surface area contributed by atoms with Gasteiger partial charge in [0.2, 0.25) is 0 Å². The number of morpholine rings is 1. The zero-order chi connectivity index (χ0) is 13.1. The van der Waals surface area contributed by atoms with Gasteiger partial charge >= 0.3 is 0 Å². The third kappa shape index (κ3) is 2.99. The van der Waals surface area contributed by atoms with E-state index in [1.54, 1.807) is 0 Å². The number of aromatic nitrogens is 2. The number of halogens is 2. The highest BCUT2D eigenvalue weighted by Crippen LogP contribution is 2.22. The van der Waals surface area contributed by atoms with Crippen LogP contribution in [0.1, 0.15) is 18.3 Å². The molecule has 2 heterocycles. The Balaban J connectivity index is 2.08. The highest BCUT2D eigenvalue weighted by atomic mass is 35.5. The maximum atomic E-state index is 6.31. The van der Waals surface area contributed by atoms with E-state index in [0.717, 1.165) is 49.2 Å². The van der Waals surface area contributed by atoms with Crippen LogP contribution in [0.25, 0.3) is 0 Å². The van der Waals surface area contributed by atoms with Crippen molar-refractivity contribution in [2.24, 2.45) is 0 Å². The SMILES string of the molecule is CCn1nc(C)c(Cl)c1CN1CCOC(CCl)C1. The minimum atomic E-state index is 0.123. The molecular formula is C12H19Cl2N3O. The molecule has 1 aromatic rings. The topological polar surface area (TPSA) is 30.3 Å². The van der Waals surface area contributed by atoms with Crippen molar-refractivity contribution in [1.82, 2.24) is 14.7 Å². The van der Waals surface area contributed by atoms with E-state index in [0.29, 0.717) is 5.88 Å². The summed E-state index contributed by atoms with van der Waals surface area (Å²) in [6.07, 6.45) is 0.123. The summed E-state index contributed by atoms with van der Waals surface area (Å²) in [5, 5.41) is 5.22. The van der Waals surface area contributed by atoms with Crippen LogP contribution in [-0.2, 0) is 17.8 Å². The van der Waals surface area contributed by atoms with E-state index in [1.807, 2.05) is 11.6 Å². The third-order valence-electron chi connectivity index (χ3n) is 3.22. The predicted molar refractivity (Wildman–Crippen MR) is 73.4 cm³/mol. The molecule has 1 atom stereocenters. The van der Waals surface area contributed by atoms with Gasteiger partial charge in [-0.25, -0.2) is 0 Å². The van der Waals surface area contributed by atoms with E-state index in [1.165, 1.54) is 0 Å². The van der Waals surface area contributed by atoms with E-state index < -0.39 is 0 Å². The van der Waals surface area contributed by atoms with E-state index in [9.17, 15) is 0 Å². The minimum Gasteiger partial charge on any atom is -0.374 e. The van der Waals surface area contributed by atoms with Crippen molar-refractivity contribution in [2.45, 2.75) is 33.0 Å². The summed E-state index contributed by atoms with van der Waals surface area (Å²) in [5.74, 6) is 0.538. The quantitative estimate of drug-likeness (QED) is 0.798. The summed E-state index contributed by atoms with van der Waals surface area (Å²) in [7, 11) is 0. The van der Waals surface area contributed by atoms with Gasteiger partial charge in [0.25, 0.3) is 0 Å². The molecule has 102 valence electrons. The van der Waals surface area contributed by atoms with Crippen molar-refractivity contribution >= 4 is 23.2 Å². The average Bonchev–Trinajstić information content (AvgIpc) is 2.67. The van der Waals surface area contributed by atoms with Crippen LogP contribution < -0.4 is 0 Å². The summed E-state index contributed by atoms with van der Waals surface area (Å²) in [4.78, 5) is 2.32. The molecule has 0 radical (unpaired) electrons. The van der Waals surface area contributed by atoms with E-state index in [4.69, 9.17) is 27.9 Å². The van der Waals surface area contributed by atoms with Crippen LogP contribution >= 0.6 is 23.2 Å². The Morgan fingerprint density at radius 3 is 2.94 bits per heavy atom. The molecule has 0 N–H and O–H groups in total. The Hall–Kier alpha value is -0.290. The van der Waals surface area contributed by atoms with Gasteiger partial charge in [-0.15, -0.1) is 11.6 Å². The first-order valence-electron chi connectivity index (χ1n) is 6.27. The molecule has 1 unspecified atom stereocenters. The van der Waals surface area contributed by atoms with Crippen LogP contribution in [0.4, 0.5) is 0 Å². The Labute approximate surface area is 118 Å². The summed E-state index contributed by atoms with van der Waals surface area (Å²) < 4.78 is 7.53. The lowest BCUT2D eigenvalue weighted by Gasteiger charge is -2.32. The molecule has 0 aliphatic carbocycles. The van der Waals surface area contributed by atoms with Gasteiger partial charge in [-0.3, -0.25) is 9.58 Å². The van der Waals surface area contributed by atoms with Gasteiger partial charge in [0.15, 0.2) is 0 Å². The lowest BCUT2D eigenvalue weighted by Crippen LogP contribution is -2.43. The number of alkyl halides is 1. The zero-order valence-corrected chi connectivity index (χ0v) is 12.3. The minimum absolute atomic E-state index is 0.123. The van der Waals surface area contributed by atoms with Crippen LogP contribution in [0.5, 0.6) is 0 Å². The van der Waals surface area contributed by atoms with Gasteiger partial charge < -0.3 is 4.74 Å². The summed E-state index contributed by atoms with van der Waals surface area (Å²) >= 11 is 12.2. The highest BCUT2D eigenvalue weighted by Gasteiger charge is 2.22. The Morgan fingerprint density at radius 2 is 2.28 bits per heavy atom. The summed E-state index contributed by atoms with van der Waals surface area (Å²) in [6.45, 7) is 8.17. The maximum absolute atomic E-state index is 6.31. The second kappa shape index (κ2) is 6.24. The normalized spacial score (nSPS) is 21.4. The van der Waals surface area contributed by atoms with Gasteiger partial charge in [-0.1, -0.05) is 11.6 Å². The molecule has 1 aliphatic heterocycles. The van der Waals surface area contributed by atoms with Gasteiger partial charge in [0, 0.05) is 32.1 Å². The van der Waals surface area contributed by atoms with Gasteiger partial charge in [0.05, 0.1) is 29.1 Å². The van der Waals surface area contributed by atoms with Crippen LogP contribution in [0, 0.1) is 6.92 Å². The molecule has 2 rings (SSSR count). The fourth-order valence-electron chi connectivity index (χ4n) is 2.25. The molecule has 6 heteroatoms. The fraction of sp³-hybridized carbons (Fsp3) is 0.750. The lowest BCUT2D eigenvalue weighted by molar-refractivity contribution is -0.0201. The van der Waals surface area contributed by atoms with Crippen molar-refractivity contribution in [3.63, 3.8) is 0 Å². The van der Waals surface area contributed by atoms with Crippen molar-refractivity contribution in [1.29, 1.82) is 0 Å². The number of rotatable bonds is 4. The monoisotopic (exact) mass is 291 g/mol. The fourth-order valence-corrected chi connectivity index (χ4v) is 2.63. The predicted octanol–water partition coefficient (Wildman–Crippen LogP) is 2.30. The van der Waals surface area contributed by atoms with Crippen LogP contribution in [0.3, 0.4) is 0 Å². The molecule has 1 fully saturated rings. The van der Waals surface area contributed by atoms with Gasteiger partial charge in [0.1, 0.15) is 0 Å². The number of hydrogen-bond acceptors (Lipinski definition) is 3. The molecule has 0 saturated carbocycles. The summed E-state index contributed by atoms with van der Waals surface area (Å²) in [5.41, 5.74) is 1.99. The highest BCUT2D eigenvalue weighted by molar-refractivity contribution is 6.31.